The number of carbonyl (C=O) groups excluding carboxylic acids is 4. The molecule has 228 valence electrons. The molecule has 0 saturated carbocycles. The number of rotatable bonds is 10. The summed E-state index contributed by atoms with van der Waals surface area (Å²) in [5, 5.41) is 12.2. The van der Waals surface area contributed by atoms with E-state index in [1.807, 2.05) is 25.2 Å². The number of halogens is 1. The molecule has 12 heteroatoms. The maximum Gasteiger partial charge on any atom is 0.270 e. The fraction of sp³-hybridized carbons (Fsp3) is 0.387. The fourth-order valence-corrected chi connectivity index (χ4v) is 4.84. The van der Waals surface area contributed by atoms with E-state index in [2.05, 4.69) is 25.9 Å². The minimum absolute atomic E-state index is 0.0732. The standard InChI is InChI=1S/C31H38FN7O4/c1-5-27(40)36-28(31(43)38-17-15-37(4)16-18-38)20(2)22-11-12-25(24(32)19-22)35-29(41)21(3)34-30(42)26-13-14-33-39(26)23-9-7-6-8-10-23/h6-14,19-21,28H,5,15-18H2,1-4H3,(H,34,42)(H,35,41)(H,36,40)/t20-,21-,28+/m0/s1. The van der Waals surface area contributed by atoms with Gasteiger partial charge in [-0.3, -0.25) is 19.2 Å². The molecule has 0 aliphatic carbocycles. The van der Waals surface area contributed by atoms with E-state index in [1.54, 1.807) is 36.9 Å². The first-order valence-electron chi connectivity index (χ1n) is 14.4. The number of nitrogens with one attached hydrogen (secondary N) is 3. The van der Waals surface area contributed by atoms with Gasteiger partial charge in [0.15, 0.2) is 0 Å². The molecule has 0 spiro atoms. The Balaban J connectivity index is 1.42. The van der Waals surface area contributed by atoms with E-state index in [0.717, 1.165) is 13.1 Å². The highest BCUT2D eigenvalue weighted by molar-refractivity contribution is 6.00. The zero-order valence-corrected chi connectivity index (χ0v) is 24.8. The molecule has 3 atom stereocenters. The van der Waals surface area contributed by atoms with Crippen LogP contribution in [0.4, 0.5) is 10.1 Å². The molecule has 4 amide bonds. The van der Waals surface area contributed by atoms with Crippen LogP contribution in [0.15, 0.2) is 60.8 Å². The SMILES string of the molecule is CCC(=O)N[C@@H](C(=O)N1CCN(C)CC1)[C@@H](C)c1ccc(NC(=O)[C@H](C)NC(=O)c2ccnn2-c2ccccc2)c(F)c1. The van der Waals surface area contributed by atoms with Gasteiger partial charge in [0, 0.05) is 38.5 Å². The maximum absolute atomic E-state index is 15.2. The summed E-state index contributed by atoms with van der Waals surface area (Å²) in [6.45, 7) is 7.51. The average molecular weight is 592 g/mol. The number of aromatic nitrogens is 2. The molecule has 1 aliphatic rings. The van der Waals surface area contributed by atoms with Gasteiger partial charge in [-0.05, 0) is 49.9 Å². The van der Waals surface area contributed by atoms with E-state index >= 15 is 4.39 Å². The number of hydrogen-bond donors (Lipinski definition) is 3. The van der Waals surface area contributed by atoms with Crippen LogP contribution in [-0.2, 0) is 14.4 Å². The lowest BCUT2D eigenvalue weighted by Gasteiger charge is -2.36. The third kappa shape index (κ3) is 7.63. The Morgan fingerprint density at radius 1 is 0.953 bits per heavy atom. The van der Waals surface area contributed by atoms with E-state index in [-0.39, 0.29) is 29.6 Å². The fourth-order valence-electron chi connectivity index (χ4n) is 4.84. The largest absolute Gasteiger partial charge is 0.344 e. The summed E-state index contributed by atoms with van der Waals surface area (Å²) in [5.74, 6) is -2.85. The van der Waals surface area contributed by atoms with Crippen molar-refractivity contribution in [3.05, 3.63) is 77.9 Å². The highest BCUT2D eigenvalue weighted by atomic mass is 19.1. The van der Waals surface area contributed by atoms with Crippen molar-refractivity contribution in [2.45, 2.75) is 45.2 Å². The van der Waals surface area contributed by atoms with Crippen LogP contribution in [0.25, 0.3) is 5.69 Å². The van der Waals surface area contributed by atoms with Gasteiger partial charge in [0.2, 0.25) is 17.7 Å². The first-order chi connectivity index (χ1) is 20.6. The van der Waals surface area contributed by atoms with Crippen molar-refractivity contribution in [2.75, 3.05) is 38.5 Å². The molecule has 0 radical (unpaired) electrons. The smallest absolute Gasteiger partial charge is 0.270 e. The Morgan fingerprint density at radius 2 is 1.65 bits per heavy atom. The van der Waals surface area contributed by atoms with Gasteiger partial charge in [0.25, 0.3) is 5.91 Å². The molecule has 1 fully saturated rings. The summed E-state index contributed by atoms with van der Waals surface area (Å²) in [4.78, 5) is 55.4. The second kappa shape index (κ2) is 14.1. The monoisotopic (exact) mass is 591 g/mol. The third-order valence-corrected chi connectivity index (χ3v) is 7.61. The molecule has 0 unspecified atom stereocenters. The van der Waals surface area contributed by atoms with Crippen LogP contribution in [0.5, 0.6) is 0 Å². The summed E-state index contributed by atoms with van der Waals surface area (Å²) < 4.78 is 16.7. The second-order valence-corrected chi connectivity index (χ2v) is 10.7. The zero-order chi connectivity index (χ0) is 31.1. The molecule has 1 aliphatic heterocycles. The van der Waals surface area contributed by atoms with E-state index < -0.39 is 35.6 Å². The number of nitrogens with zero attached hydrogens (tertiary/aromatic N) is 4. The van der Waals surface area contributed by atoms with Crippen LogP contribution in [0.2, 0.25) is 0 Å². The second-order valence-electron chi connectivity index (χ2n) is 10.7. The highest BCUT2D eigenvalue weighted by Gasteiger charge is 2.33. The number of carbonyl (C=O) groups is 4. The van der Waals surface area contributed by atoms with Crippen molar-refractivity contribution in [1.29, 1.82) is 0 Å². The lowest BCUT2D eigenvalue weighted by molar-refractivity contribution is -0.138. The number of para-hydroxylation sites is 1. The van der Waals surface area contributed by atoms with Crippen LogP contribution in [0, 0.1) is 5.82 Å². The highest BCUT2D eigenvalue weighted by Crippen LogP contribution is 2.26. The Kier molecular flexibility index (Phi) is 10.3. The third-order valence-electron chi connectivity index (χ3n) is 7.61. The van der Waals surface area contributed by atoms with Gasteiger partial charge in [-0.2, -0.15) is 5.10 Å². The summed E-state index contributed by atoms with van der Waals surface area (Å²) in [6.07, 6.45) is 1.70. The van der Waals surface area contributed by atoms with Gasteiger partial charge in [-0.25, -0.2) is 9.07 Å². The van der Waals surface area contributed by atoms with Gasteiger partial charge in [-0.1, -0.05) is 38.1 Å². The Labute approximate surface area is 250 Å². The Bertz CT molecular complexity index is 1450. The van der Waals surface area contributed by atoms with Crippen LogP contribution in [0.1, 0.15) is 49.2 Å². The van der Waals surface area contributed by atoms with Gasteiger partial charge in [0.1, 0.15) is 23.6 Å². The van der Waals surface area contributed by atoms with Gasteiger partial charge in [0.05, 0.1) is 17.6 Å². The topological polar surface area (TPSA) is 129 Å². The van der Waals surface area contributed by atoms with Crippen molar-refractivity contribution < 1.29 is 23.6 Å². The van der Waals surface area contributed by atoms with Crippen molar-refractivity contribution >= 4 is 29.3 Å². The van der Waals surface area contributed by atoms with Crippen molar-refractivity contribution in [2.24, 2.45) is 0 Å². The van der Waals surface area contributed by atoms with Crippen molar-refractivity contribution in [3.63, 3.8) is 0 Å². The number of benzene rings is 2. The average Bonchev–Trinajstić information content (AvgIpc) is 3.51. The number of piperazine rings is 1. The predicted molar refractivity (Wildman–Crippen MR) is 160 cm³/mol. The lowest BCUT2D eigenvalue weighted by atomic mass is 9.91. The van der Waals surface area contributed by atoms with Crippen molar-refractivity contribution in [1.82, 2.24) is 30.2 Å². The molecular formula is C31H38FN7O4. The number of hydrogen-bond acceptors (Lipinski definition) is 6. The van der Waals surface area contributed by atoms with Crippen LogP contribution < -0.4 is 16.0 Å². The summed E-state index contributed by atoms with van der Waals surface area (Å²) in [5.41, 5.74) is 1.35. The maximum atomic E-state index is 15.2. The number of likely N-dealkylation sites (N-methyl/N-ethyl adjacent to an activating group) is 1. The van der Waals surface area contributed by atoms with E-state index in [4.69, 9.17) is 0 Å². The molecule has 2 aromatic carbocycles. The molecule has 2 heterocycles. The predicted octanol–water partition coefficient (Wildman–Crippen LogP) is 2.54. The number of anilines is 1. The zero-order valence-electron chi connectivity index (χ0n) is 24.8. The lowest BCUT2D eigenvalue weighted by Crippen LogP contribution is -2.55. The molecule has 0 bridgehead atoms. The van der Waals surface area contributed by atoms with Gasteiger partial charge < -0.3 is 25.8 Å². The Morgan fingerprint density at radius 3 is 2.30 bits per heavy atom. The molecule has 3 N–H and O–H groups in total. The van der Waals surface area contributed by atoms with Gasteiger partial charge >= 0.3 is 0 Å². The van der Waals surface area contributed by atoms with Crippen LogP contribution >= 0.6 is 0 Å². The van der Waals surface area contributed by atoms with Gasteiger partial charge in [-0.15, -0.1) is 0 Å². The molecule has 1 aromatic heterocycles. The Hall–Kier alpha value is -4.58. The molecule has 3 aromatic rings. The van der Waals surface area contributed by atoms with Crippen molar-refractivity contribution in [3.8, 4) is 5.69 Å². The molecule has 1 saturated heterocycles. The minimum atomic E-state index is -0.987. The molecule has 43 heavy (non-hydrogen) atoms. The van der Waals surface area contributed by atoms with E-state index in [1.165, 1.54) is 36.0 Å². The minimum Gasteiger partial charge on any atom is -0.344 e. The van der Waals surface area contributed by atoms with Crippen LogP contribution in [-0.4, -0.2) is 88.5 Å². The quantitative estimate of drug-likeness (QED) is 0.333. The molecule has 4 rings (SSSR count). The van der Waals surface area contributed by atoms with E-state index in [0.29, 0.717) is 24.3 Å². The molecular weight excluding hydrogens is 553 g/mol. The van der Waals surface area contributed by atoms with E-state index in [9.17, 15) is 19.2 Å². The summed E-state index contributed by atoms with van der Waals surface area (Å²) in [7, 11) is 1.99. The first-order valence-corrected chi connectivity index (χ1v) is 14.4. The molecule has 11 nitrogen and oxygen atoms in total. The number of amides is 4. The normalized spacial score (nSPS) is 15.7. The van der Waals surface area contributed by atoms with Crippen LogP contribution in [0.3, 0.4) is 0 Å². The summed E-state index contributed by atoms with van der Waals surface area (Å²) in [6, 6.07) is 13.1. The first kappa shape index (κ1) is 31.4. The summed E-state index contributed by atoms with van der Waals surface area (Å²) >= 11 is 0.